The van der Waals surface area contributed by atoms with Gasteiger partial charge in [-0.25, -0.2) is 0 Å². The maximum atomic E-state index is 12.5. The van der Waals surface area contributed by atoms with Crippen molar-refractivity contribution in [3.05, 3.63) is 66.1 Å². The number of para-hydroxylation sites is 1. The van der Waals surface area contributed by atoms with E-state index in [9.17, 15) is 18.0 Å². The highest BCUT2D eigenvalue weighted by Crippen LogP contribution is 2.30. The van der Waals surface area contributed by atoms with Gasteiger partial charge >= 0.3 is 12.1 Å². The molecule has 1 aromatic heterocycles. The first kappa shape index (κ1) is 17.7. The van der Waals surface area contributed by atoms with Gasteiger partial charge in [0.25, 0.3) is 0 Å². The van der Waals surface area contributed by atoms with Crippen molar-refractivity contribution in [2.45, 2.75) is 19.6 Å². The van der Waals surface area contributed by atoms with E-state index in [4.69, 9.17) is 0 Å². The molecule has 26 heavy (non-hydrogen) atoms. The molecule has 0 fully saturated rings. The van der Waals surface area contributed by atoms with Crippen LogP contribution in [0.2, 0.25) is 0 Å². The Bertz CT molecular complexity index is 890. The first-order valence-electron chi connectivity index (χ1n) is 7.68. The van der Waals surface area contributed by atoms with Crippen LogP contribution in [0.4, 0.5) is 18.9 Å². The molecule has 3 rings (SSSR count). The summed E-state index contributed by atoms with van der Waals surface area (Å²) in [4.78, 5) is 13.5. The maximum absolute atomic E-state index is 12.5. The number of benzene rings is 2. The van der Waals surface area contributed by atoms with Crippen molar-refractivity contribution in [2.75, 3.05) is 4.90 Å². The summed E-state index contributed by atoms with van der Waals surface area (Å²) in [5.74, 6) is -1.72. The molecule has 3 aromatic rings. The fraction of sp³-hybridized carbons (Fsp3) is 0.167. The fourth-order valence-corrected chi connectivity index (χ4v) is 2.38. The second kappa shape index (κ2) is 6.99. The number of aromatic nitrogens is 2. The molecule has 0 N–H and O–H groups in total. The lowest BCUT2D eigenvalue weighted by Crippen LogP contribution is -2.27. The number of halogens is 3. The third-order valence-electron chi connectivity index (χ3n) is 3.66. The predicted octanol–water partition coefficient (Wildman–Crippen LogP) is 4.31. The minimum atomic E-state index is -4.68. The van der Waals surface area contributed by atoms with E-state index in [1.54, 1.807) is 29.2 Å². The predicted molar refractivity (Wildman–Crippen MR) is 88.0 cm³/mol. The van der Waals surface area contributed by atoms with E-state index in [-0.39, 0.29) is 11.8 Å². The summed E-state index contributed by atoms with van der Waals surface area (Å²) in [6.07, 6.45) is -4.68. The first-order valence-corrected chi connectivity index (χ1v) is 7.68. The fourth-order valence-electron chi connectivity index (χ4n) is 2.38. The van der Waals surface area contributed by atoms with Crippen LogP contribution in [0.1, 0.15) is 18.4 Å². The lowest BCUT2D eigenvalue weighted by atomic mass is 10.1. The van der Waals surface area contributed by atoms with E-state index in [0.29, 0.717) is 12.1 Å². The van der Waals surface area contributed by atoms with Gasteiger partial charge in [-0.2, -0.15) is 13.2 Å². The minimum absolute atomic E-state index is 0.119. The molecule has 0 bridgehead atoms. The first-order chi connectivity index (χ1) is 12.3. The highest BCUT2D eigenvalue weighted by atomic mass is 19.4. The number of amides is 1. The monoisotopic (exact) mass is 361 g/mol. The average Bonchev–Trinajstić information content (AvgIpc) is 3.11. The van der Waals surface area contributed by atoms with Crippen LogP contribution in [-0.2, 0) is 17.5 Å². The van der Waals surface area contributed by atoms with Gasteiger partial charge in [-0.05, 0) is 29.8 Å². The Morgan fingerprint density at radius 1 is 1.04 bits per heavy atom. The molecule has 0 aliphatic carbocycles. The van der Waals surface area contributed by atoms with Crippen LogP contribution < -0.4 is 4.90 Å². The molecule has 8 heteroatoms. The van der Waals surface area contributed by atoms with Gasteiger partial charge in [0.05, 0.1) is 6.54 Å². The topological polar surface area (TPSA) is 59.2 Å². The molecule has 0 spiro atoms. The number of hydrogen-bond acceptors (Lipinski definition) is 4. The van der Waals surface area contributed by atoms with Crippen LogP contribution in [0.15, 0.2) is 59.0 Å². The number of rotatable bonds is 4. The molecule has 0 radical (unpaired) electrons. The Morgan fingerprint density at radius 3 is 2.23 bits per heavy atom. The van der Waals surface area contributed by atoms with Crippen LogP contribution >= 0.6 is 0 Å². The van der Waals surface area contributed by atoms with Crippen LogP contribution in [0.25, 0.3) is 11.5 Å². The molecule has 134 valence electrons. The van der Waals surface area contributed by atoms with Gasteiger partial charge in [-0.15, -0.1) is 10.2 Å². The van der Waals surface area contributed by atoms with Gasteiger partial charge in [0, 0.05) is 18.2 Å². The molecule has 1 amide bonds. The molecular weight excluding hydrogens is 347 g/mol. The lowest BCUT2D eigenvalue weighted by molar-refractivity contribution is -0.156. The zero-order valence-electron chi connectivity index (χ0n) is 13.7. The Hall–Kier alpha value is -3.16. The Kier molecular flexibility index (Phi) is 4.75. The Labute approximate surface area is 147 Å². The van der Waals surface area contributed by atoms with E-state index in [2.05, 4.69) is 14.6 Å². The summed E-state index contributed by atoms with van der Waals surface area (Å²) in [5, 5.41) is 6.42. The molecule has 1 heterocycles. The van der Waals surface area contributed by atoms with Crippen molar-refractivity contribution < 1.29 is 22.4 Å². The number of alkyl halides is 3. The normalized spacial score (nSPS) is 11.4. The van der Waals surface area contributed by atoms with Crippen LogP contribution in [0.3, 0.4) is 0 Å². The third-order valence-corrected chi connectivity index (χ3v) is 3.66. The van der Waals surface area contributed by atoms with Gasteiger partial charge < -0.3 is 9.32 Å². The third kappa shape index (κ3) is 3.90. The number of anilines is 1. The summed E-state index contributed by atoms with van der Waals surface area (Å²) in [7, 11) is 0. The van der Waals surface area contributed by atoms with Gasteiger partial charge in [-0.3, -0.25) is 4.79 Å². The molecule has 0 saturated carbocycles. The van der Waals surface area contributed by atoms with Crippen molar-refractivity contribution in [1.82, 2.24) is 10.2 Å². The Balaban J connectivity index is 1.79. The van der Waals surface area contributed by atoms with Gasteiger partial charge in [0.1, 0.15) is 0 Å². The van der Waals surface area contributed by atoms with E-state index < -0.39 is 12.1 Å². The van der Waals surface area contributed by atoms with Crippen molar-refractivity contribution in [3.8, 4) is 11.5 Å². The molecule has 0 atom stereocenters. The van der Waals surface area contributed by atoms with Gasteiger partial charge in [0.15, 0.2) is 0 Å². The number of nitrogens with zero attached hydrogens (tertiary/aromatic N) is 3. The summed E-state index contributed by atoms with van der Waals surface area (Å²) in [6.45, 7) is 1.80. The highest BCUT2D eigenvalue weighted by Gasteiger charge is 2.38. The summed E-state index contributed by atoms with van der Waals surface area (Å²) in [6, 6.07) is 15.7. The zero-order chi connectivity index (χ0) is 18.7. The maximum Gasteiger partial charge on any atom is 0.470 e. The lowest BCUT2D eigenvalue weighted by Gasteiger charge is -2.21. The molecule has 5 nitrogen and oxygen atoms in total. The van der Waals surface area contributed by atoms with E-state index in [1.165, 1.54) is 6.92 Å². The number of hydrogen-bond donors (Lipinski definition) is 0. The van der Waals surface area contributed by atoms with Crippen molar-refractivity contribution in [2.24, 2.45) is 0 Å². The number of carbonyl (C=O) groups is 1. The quantitative estimate of drug-likeness (QED) is 0.695. The minimum Gasteiger partial charge on any atom is -0.413 e. The average molecular weight is 361 g/mol. The van der Waals surface area contributed by atoms with E-state index in [0.717, 1.165) is 11.3 Å². The van der Waals surface area contributed by atoms with Crippen LogP contribution in [0, 0.1) is 0 Å². The molecular formula is C18H14F3N3O2. The highest BCUT2D eigenvalue weighted by molar-refractivity contribution is 5.91. The molecule has 0 aliphatic rings. The summed E-state index contributed by atoms with van der Waals surface area (Å²) in [5.41, 5.74) is 1.94. The standard InChI is InChI=1S/C18H14F3N3O2/c1-12(25)24(15-5-3-2-4-6-15)11-13-7-9-14(10-8-13)16-22-23-17(26-16)18(19,20)21/h2-10H,11H2,1H3. The second-order valence-corrected chi connectivity index (χ2v) is 5.55. The smallest absolute Gasteiger partial charge is 0.413 e. The summed E-state index contributed by atoms with van der Waals surface area (Å²) >= 11 is 0. The molecule has 0 aliphatic heterocycles. The van der Waals surface area contributed by atoms with E-state index in [1.807, 2.05) is 30.3 Å². The van der Waals surface area contributed by atoms with Crippen molar-refractivity contribution >= 4 is 11.6 Å². The summed E-state index contributed by atoms with van der Waals surface area (Å²) < 4.78 is 42.2. The Morgan fingerprint density at radius 2 is 1.69 bits per heavy atom. The van der Waals surface area contributed by atoms with Crippen molar-refractivity contribution in [3.63, 3.8) is 0 Å². The number of carbonyl (C=O) groups excluding carboxylic acids is 1. The van der Waals surface area contributed by atoms with Crippen LogP contribution in [0.5, 0.6) is 0 Å². The molecule has 0 saturated heterocycles. The van der Waals surface area contributed by atoms with Gasteiger partial charge in [-0.1, -0.05) is 30.3 Å². The van der Waals surface area contributed by atoms with Gasteiger partial charge in [0.2, 0.25) is 11.8 Å². The molecule has 0 unspecified atom stereocenters. The van der Waals surface area contributed by atoms with E-state index >= 15 is 0 Å². The van der Waals surface area contributed by atoms with Crippen LogP contribution in [-0.4, -0.2) is 16.1 Å². The zero-order valence-corrected chi connectivity index (χ0v) is 13.7. The largest absolute Gasteiger partial charge is 0.470 e. The molecule has 2 aromatic carbocycles. The second-order valence-electron chi connectivity index (χ2n) is 5.55. The SMILES string of the molecule is CC(=O)N(Cc1ccc(-c2nnc(C(F)(F)F)o2)cc1)c1ccccc1. The van der Waals surface area contributed by atoms with Crippen molar-refractivity contribution in [1.29, 1.82) is 0 Å².